The molecule has 0 aliphatic heterocycles. The third-order valence-corrected chi connectivity index (χ3v) is 5.34. The standard InChI is InChI=1S/C12H16/c1-5-7-3-8-6(2)12(7)10-4-9(10)11(5)8/h3,5-7,9-12H,4H2,1-2H3. The molecule has 0 aromatic heterocycles. The zero-order valence-electron chi connectivity index (χ0n) is 7.83. The van der Waals surface area contributed by atoms with Gasteiger partial charge in [0.15, 0.2) is 0 Å². The van der Waals surface area contributed by atoms with Crippen LogP contribution in [-0.2, 0) is 0 Å². The molecule has 64 valence electrons. The molecular weight excluding hydrogens is 144 g/mol. The van der Waals surface area contributed by atoms with Gasteiger partial charge in [0, 0.05) is 0 Å². The van der Waals surface area contributed by atoms with E-state index in [0.717, 1.165) is 41.4 Å². The Labute approximate surface area is 74.0 Å². The van der Waals surface area contributed by atoms with E-state index in [4.69, 9.17) is 0 Å². The van der Waals surface area contributed by atoms with Gasteiger partial charge < -0.3 is 0 Å². The predicted molar refractivity (Wildman–Crippen MR) is 48.5 cm³/mol. The molecule has 7 atom stereocenters. The molecule has 5 aliphatic rings. The molecule has 0 saturated heterocycles. The summed E-state index contributed by atoms with van der Waals surface area (Å²) in [6, 6.07) is 0. The van der Waals surface area contributed by atoms with Crippen molar-refractivity contribution in [2.75, 3.05) is 0 Å². The highest BCUT2D eigenvalue weighted by Gasteiger charge is 2.66. The van der Waals surface area contributed by atoms with E-state index < -0.39 is 0 Å². The first kappa shape index (κ1) is 6.23. The molecule has 4 bridgehead atoms. The molecule has 0 heterocycles. The van der Waals surface area contributed by atoms with E-state index in [9.17, 15) is 0 Å². The maximum atomic E-state index is 2.65. The van der Waals surface area contributed by atoms with Crippen molar-refractivity contribution in [1.82, 2.24) is 0 Å². The maximum Gasteiger partial charge on any atom is -0.0138 e. The van der Waals surface area contributed by atoms with Gasteiger partial charge in [0.2, 0.25) is 0 Å². The molecule has 5 rings (SSSR count). The van der Waals surface area contributed by atoms with Crippen LogP contribution in [-0.4, -0.2) is 0 Å². The quantitative estimate of drug-likeness (QED) is 0.478. The fraction of sp³-hybridized carbons (Fsp3) is 0.833. The summed E-state index contributed by atoms with van der Waals surface area (Å²) in [5.41, 5.74) is 1.87. The van der Waals surface area contributed by atoms with Crippen LogP contribution in [0.5, 0.6) is 0 Å². The van der Waals surface area contributed by atoms with Gasteiger partial charge in [-0.25, -0.2) is 0 Å². The minimum atomic E-state index is 0.972. The van der Waals surface area contributed by atoms with Crippen molar-refractivity contribution in [2.45, 2.75) is 20.3 Å². The molecule has 0 spiro atoms. The summed E-state index contributed by atoms with van der Waals surface area (Å²) in [4.78, 5) is 0. The lowest BCUT2D eigenvalue weighted by molar-refractivity contribution is 0.0922. The lowest BCUT2D eigenvalue weighted by atomic mass is 9.60. The maximum absolute atomic E-state index is 2.65. The summed E-state index contributed by atoms with van der Waals surface area (Å²) >= 11 is 0. The van der Waals surface area contributed by atoms with E-state index in [0.29, 0.717) is 0 Å². The van der Waals surface area contributed by atoms with Crippen molar-refractivity contribution in [3.05, 3.63) is 11.6 Å². The Morgan fingerprint density at radius 3 is 2.83 bits per heavy atom. The largest absolute Gasteiger partial charge is 0.0810 e. The van der Waals surface area contributed by atoms with Gasteiger partial charge in [0.1, 0.15) is 0 Å². The SMILES string of the molecule is CC1C2=CC3C(C)C2C2CC2C13. The first-order valence-corrected chi connectivity index (χ1v) is 5.50. The number of hydrogen-bond acceptors (Lipinski definition) is 0. The molecule has 7 unspecified atom stereocenters. The van der Waals surface area contributed by atoms with Crippen LogP contribution >= 0.6 is 0 Å². The molecule has 3 saturated carbocycles. The van der Waals surface area contributed by atoms with Gasteiger partial charge in [-0.2, -0.15) is 0 Å². The van der Waals surface area contributed by atoms with E-state index >= 15 is 0 Å². The number of rotatable bonds is 0. The van der Waals surface area contributed by atoms with Crippen molar-refractivity contribution in [2.24, 2.45) is 41.4 Å². The summed E-state index contributed by atoms with van der Waals surface area (Å²) in [5, 5.41) is 0. The second kappa shape index (κ2) is 1.54. The summed E-state index contributed by atoms with van der Waals surface area (Å²) in [6.07, 6.45) is 4.23. The topological polar surface area (TPSA) is 0 Å². The van der Waals surface area contributed by atoms with Gasteiger partial charge in [-0.1, -0.05) is 25.5 Å². The smallest absolute Gasteiger partial charge is 0.0138 e. The molecule has 3 fully saturated rings. The predicted octanol–water partition coefficient (Wildman–Crippen LogP) is 2.71. The fourth-order valence-electron chi connectivity index (χ4n) is 4.89. The molecule has 0 aromatic carbocycles. The van der Waals surface area contributed by atoms with Gasteiger partial charge in [0.05, 0.1) is 0 Å². The second-order valence-corrected chi connectivity index (χ2v) is 5.56. The van der Waals surface area contributed by atoms with E-state index in [1.807, 2.05) is 5.57 Å². The van der Waals surface area contributed by atoms with Gasteiger partial charge in [-0.05, 0) is 47.8 Å². The summed E-state index contributed by atoms with van der Waals surface area (Å²) in [7, 11) is 0. The van der Waals surface area contributed by atoms with Crippen molar-refractivity contribution >= 4 is 0 Å². The van der Waals surface area contributed by atoms with E-state index in [1.165, 1.54) is 0 Å². The Morgan fingerprint density at radius 1 is 1.25 bits per heavy atom. The number of allylic oxidation sites excluding steroid dienone is 2. The summed E-state index contributed by atoms with van der Waals surface area (Å²) in [5.74, 6) is 7.43. The van der Waals surface area contributed by atoms with Crippen molar-refractivity contribution in [1.29, 1.82) is 0 Å². The highest BCUT2D eigenvalue weighted by Crippen LogP contribution is 2.73. The molecule has 0 heteroatoms. The molecular formula is C12H16. The van der Waals surface area contributed by atoms with Crippen molar-refractivity contribution in [3.8, 4) is 0 Å². The van der Waals surface area contributed by atoms with Gasteiger partial charge in [0.25, 0.3) is 0 Å². The van der Waals surface area contributed by atoms with Gasteiger partial charge in [-0.3, -0.25) is 0 Å². The second-order valence-electron chi connectivity index (χ2n) is 5.56. The molecule has 0 amide bonds. The third kappa shape index (κ3) is 0.427. The van der Waals surface area contributed by atoms with E-state index in [1.54, 1.807) is 6.42 Å². The lowest BCUT2D eigenvalue weighted by Crippen LogP contribution is -2.39. The Morgan fingerprint density at radius 2 is 2.08 bits per heavy atom. The van der Waals surface area contributed by atoms with Crippen LogP contribution in [0.3, 0.4) is 0 Å². The van der Waals surface area contributed by atoms with Crippen LogP contribution in [0.4, 0.5) is 0 Å². The van der Waals surface area contributed by atoms with Gasteiger partial charge >= 0.3 is 0 Å². The molecule has 0 nitrogen and oxygen atoms in total. The monoisotopic (exact) mass is 160 g/mol. The molecule has 12 heavy (non-hydrogen) atoms. The van der Waals surface area contributed by atoms with Crippen molar-refractivity contribution < 1.29 is 0 Å². The fourth-order valence-corrected chi connectivity index (χ4v) is 4.89. The molecule has 5 aliphatic carbocycles. The highest BCUT2D eigenvalue weighted by molar-refractivity contribution is 5.37. The Bertz CT molecular complexity index is 288. The van der Waals surface area contributed by atoms with E-state index in [-0.39, 0.29) is 0 Å². The van der Waals surface area contributed by atoms with Crippen LogP contribution in [0.2, 0.25) is 0 Å². The van der Waals surface area contributed by atoms with E-state index in [2.05, 4.69) is 19.9 Å². The first-order chi connectivity index (χ1) is 5.79. The summed E-state index contributed by atoms with van der Waals surface area (Å²) in [6.45, 7) is 4.97. The average Bonchev–Trinajstić information content (AvgIpc) is 2.66. The zero-order chi connectivity index (χ0) is 8.03. The highest BCUT2D eigenvalue weighted by atomic mass is 14.7. The Kier molecular flexibility index (Phi) is 0.799. The van der Waals surface area contributed by atoms with Crippen LogP contribution < -0.4 is 0 Å². The van der Waals surface area contributed by atoms with Crippen LogP contribution in [0.25, 0.3) is 0 Å². The minimum Gasteiger partial charge on any atom is -0.0810 e. The lowest BCUT2D eigenvalue weighted by Gasteiger charge is -2.44. The Balaban J connectivity index is 1.91. The van der Waals surface area contributed by atoms with Crippen LogP contribution in [0.1, 0.15) is 20.3 Å². The molecule has 0 radical (unpaired) electrons. The van der Waals surface area contributed by atoms with Crippen LogP contribution in [0.15, 0.2) is 11.6 Å². The normalized spacial score (nSPS) is 69.8. The van der Waals surface area contributed by atoms with Crippen LogP contribution in [0, 0.1) is 41.4 Å². The first-order valence-electron chi connectivity index (χ1n) is 5.50. The third-order valence-electron chi connectivity index (χ3n) is 5.34. The van der Waals surface area contributed by atoms with Crippen molar-refractivity contribution in [3.63, 3.8) is 0 Å². The Hall–Kier alpha value is -0.260. The molecule has 0 N–H and O–H groups in total. The van der Waals surface area contributed by atoms with Gasteiger partial charge in [-0.15, -0.1) is 0 Å². The summed E-state index contributed by atoms with van der Waals surface area (Å²) < 4.78 is 0. The molecule has 0 aromatic rings. The zero-order valence-corrected chi connectivity index (χ0v) is 7.83. The number of hydrogen-bond donors (Lipinski definition) is 0. The minimum absolute atomic E-state index is 0.972. The average molecular weight is 160 g/mol.